The second-order valence-corrected chi connectivity index (χ2v) is 5.74. The lowest BCUT2D eigenvalue weighted by Crippen LogP contribution is -2.43. The van der Waals surface area contributed by atoms with Crippen LogP contribution >= 0.6 is 11.3 Å². The van der Waals surface area contributed by atoms with Gasteiger partial charge in [-0.3, -0.25) is 14.4 Å². The first-order valence-corrected chi connectivity index (χ1v) is 7.62. The predicted octanol–water partition coefficient (Wildman–Crippen LogP) is 1.58. The number of aliphatic carboxylic acids is 1. The zero-order chi connectivity index (χ0) is 15.8. The second-order valence-electron chi connectivity index (χ2n) is 4.79. The molecule has 2 N–H and O–H groups in total. The van der Waals surface area contributed by atoms with Gasteiger partial charge in [-0.15, -0.1) is 11.3 Å². The Bertz CT molecular complexity index is 487. The summed E-state index contributed by atoms with van der Waals surface area (Å²) in [5.41, 5.74) is 0. The molecule has 0 spiro atoms. The normalized spacial score (nSPS) is 11.7. The fourth-order valence-corrected chi connectivity index (χ4v) is 2.65. The Balaban J connectivity index is 2.51. The molecule has 1 atom stereocenters. The average Bonchev–Trinajstić information content (AvgIpc) is 2.90. The maximum atomic E-state index is 12.0. The Labute approximate surface area is 127 Å². The molecule has 0 aliphatic carbocycles. The fourth-order valence-electron chi connectivity index (χ4n) is 1.93. The van der Waals surface area contributed by atoms with E-state index >= 15 is 0 Å². The van der Waals surface area contributed by atoms with E-state index in [1.165, 1.54) is 16.2 Å². The molecule has 116 valence electrons. The molecule has 21 heavy (non-hydrogen) atoms. The highest BCUT2D eigenvalue weighted by Gasteiger charge is 2.19. The Kier molecular flexibility index (Phi) is 6.87. The van der Waals surface area contributed by atoms with E-state index in [1.807, 2.05) is 6.92 Å². The first-order valence-electron chi connectivity index (χ1n) is 6.74. The van der Waals surface area contributed by atoms with Crippen LogP contribution in [0.4, 0.5) is 0 Å². The minimum Gasteiger partial charge on any atom is -0.481 e. The second kappa shape index (κ2) is 8.41. The molecule has 1 heterocycles. The lowest BCUT2D eigenvalue weighted by molar-refractivity contribution is -0.137. The van der Waals surface area contributed by atoms with Gasteiger partial charge in [0.05, 0.1) is 17.8 Å². The molecule has 0 saturated heterocycles. The minimum atomic E-state index is -0.947. The largest absolute Gasteiger partial charge is 0.481 e. The van der Waals surface area contributed by atoms with Gasteiger partial charge in [0.15, 0.2) is 0 Å². The molecule has 0 aliphatic heterocycles. The van der Waals surface area contributed by atoms with Gasteiger partial charge in [0, 0.05) is 13.1 Å². The van der Waals surface area contributed by atoms with Crippen LogP contribution in [-0.4, -0.2) is 47.4 Å². The van der Waals surface area contributed by atoms with Crippen LogP contribution in [0.5, 0.6) is 0 Å². The third-order valence-electron chi connectivity index (χ3n) is 2.88. The van der Waals surface area contributed by atoms with Crippen molar-refractivity contribution in [3.63, 3.8) is 0 Å². The summed E-state index contributed by atoms with van der Waals surface area (Å²) in [6, 6.07) is 3.08. The highest BCUT2D eigenvalue weighted by Crippen LogP contribution is 2.11. The lowest BCUT2D eigenvalue weighted by Gasteiger charge is -2.20. The molecule has 1 rings (SSSR count). The molecule has 0 saturated carbocycles. The quantitative estimate of drug-likeness (QED) is 0.763. The van der Waals surface area contributed by atoms with Crippen molar-refractivity contribution in [1.82, 2.24) is 10.2 Å². The number of likely N-dealkylation sites (N-methyl/N-ethyl adjacent to an activating group) is 1. The van der Waals surface area contributed by atoms with Crippen LogP contribution in [0.2, 0.25) is 0 Å². The van der Waals surface area contributed by atoms with E-state index in [9.17, 15) is 14.4 Å². The van der Waals surface area contributed by atoms with Crippen LogP contribution in [0.15, 0.2) is 17.5 Å². The van der Waals surface area contributed by atoms with E-state index in [4.69, 9.17) is 5.11 Å². The number of hydrogen-bond donors (Lipinski definition) is 2. The summed E-state index contributed by atoms with van der Waals surface area (Å²) < 4.78 is 0. The monoisotopic (exact) mass is 312 g/mol. The van der Waals surface area contributed by atoms with Gasteiger partial charge in [-0.05, 0) is 17.9 Å². The summed E-state index contributed by atoms with van der Waals surface area (Å²) in [6.45, 7) is 1.84. The van der Waals surface area contributed by atoms with E-state index in [0.29, 0.717) is 11.3 Å². The highest BCUT2D eigenvalue weighted by atomic mass is 32.1. The standard InChI is InChI=1S/C14H20N2O4S/c1-3-5-10(8-13(18)19)15-12(17)9-16(2)14(20)11-6-4-7-21-11/h4,6-7,10H,3,5,8-9H2,1-2H3,(H,15,17)(H,18,19). The van der Waals surface area contributed by atoms with Crippen molar-refractivity contribution in [2.45, 2.75) is 32.2 Å². The van der Waals surface area contributed by atoms with Crippen LogP contribution in [0, 0.1) is 0 Å². The van der Waals surface area contributed by atoms with Crippen LogP contribution in [-0.2, 0) is 9.59 Å². The van der Waals surface area contributed by atoms with Crippen LogP contribution in [0.3, 0.4) is 0 Å². The molecule has 1 unspecified atom stereocenters. The van der Waals surface area contributed by atoms with E-state index in [1.54, 1.807) is 24.6 Å². The summed E-state index contributed by atoms with van der Waals surface area (Å²) in [7, 11) is 1.55. The summed E-state index contributed by atoms with van der Waals surface area (Å²) in [5.74, 6) is -1.51. The molecular weight excluding hydrogens is 292 g/mol. The summed E-state index contributed by atoms with van der Waals surface area (Å²) in [4.78, 5) is 36.5. The first-order chi connectivity index (χ1) is 9.93. The highest BCUT2D eigenvalue weighted by molar-refractivity contribution is 7.12. The van der Waals surface area contributed by atoms with E-state index in [0.717, 1.165) is 6.42 Å². The van der Waals surface area contributed by atoms with Crippen molar-refractivity contribution < 1.29 is 19.5 Å². The van der Waals surface area contributed by atoms with Gasteiger partial charge in [0.2, 0.25) is 5.91 Å². The van der Waals surface area contributed by atoms with Crippen molar-refractivity contribution >= 4 is 29.1 Å². The van der Waals surface area contributed by atoms with Gasteiger partial charge in [-0.25, -0.2) is 0 Å². The molecule has 0 radical (unpaired) electrons. The number of rotatable bonds is 8. The predicted molar refractivity (Wildman–Crippen MR) is 80.4 cm³/mol. The number of nitrogens with one attached hydrogen (secondary N) is 1. The number of carbonyl (C=O) groups excluding carboxylic acids is 2. The van der Waals surface area contributed by atoms with Crippen LogP contribution < -0.4 is 5.32 Å². The van der Waals surface area contributed by atoms with Crippen molar-refractivity contribution in [2.75, 3.05) is 13.6 Å². The Morgan fingerprint density at radius 2 is 2.14 bits per heavy atom. The fraction of sp³-hybridized carbons (Fsp3) is 0.500. The van der Waals surface area contributed by atoms with Gasteiger partial charge in [0.1, 0.15) is 0 Å². The van der Waals surface area contributed by atoms with Crippen molar-refractivity contribution in [3.05, 3.63) is 22.4 Å². The summed E-state index contributed by atoms with van der Waals surface area (Å²) >= 11 is 1.32. The van der Waals surface area contributed by atoms with Gasteiger partial charge >= 0.3 is 5.97 Å². The topological polar surface area (TPSA) is 86.7 Å². The van der Waals surface area contributed by atoms with Crippen molar-refractivity contribution in [2.24, 2.45) is 0 Å². The van der Waals surface area contributed by atoms with Gasteiger partial charge in [-0.1, -0.05) is 19.4 Å². The number of carboxylic acids is 1. The number of carbonyl (C=O) groups is 3. The molecule has 0 aromatic carbocycles. The van der Waals surface area contributed by atoms with E-state index in [2.05, 4.69) is 5.32 Å². The summed E-state index contributed by atoms with van der Waals surface area (Å²) in [6.07, 6.45) is 1.27. The van der Waals surface area contributed by atoms with Gasteiger partial charge in [-0.2, -0.15) is 0 Å². The zero-order valence-corrected chi connectivity index (χ0v) is 13.0. The van der Waals surface area contributed by atoms with E-state index in [-0.39, 0.29) is 24.8 Å². The molecule has 2 amide bonds. The SMILES string of the molecule is CCCC(CC(=O)O)NC(=O)CN(C)C(=O)c1cccs1. The molecule has 0 aliphatic rings. The number of amides is 2. The Morgan fingerprint density at radius 3 is 2.67 bits per heavy atom. The van der Waals surface area contributed by atoms with Crippen molar-refractivity contribution in [1.29, 1.82) is 0 Å². The van der Waals surface area contributed by atoms with Gasteiger partial charge < -0.3 is 15.3 Å². The first kappa shape index (κ1) is 17.2. The lowest BCUT2D eigenvalue weighted by atomic mass is 10.1. The van der Waals surface area contributed by atoms with Crippen LogP contribution in [0.25, 0.3) is 0 Å². The minimum absolute atomic E-state index is 0.0867. The molecule has 0 fully saturated rings. The van der Waals surface area contributed by atoms with Crippen molar-refractivity contribution in [3.8, 4) is 0 Å². The number of carboxylic acid groups (broad SMARTS) is 1. The maximum Gasteiger partial charge on any atom is 0.305 e. The summed E-state index contributed by atoms with van der Waals surface area (Å²) in [5, 5.41) is 13.3. The zero-order valence-electron chi connectivity index (χ0n) is 12.2. The smallest absolute Gasteiger partial charge is 0.305 e. The third-order valence-corrected chi connectivity index (χ3v) is 3.74. The number of hydrogen-bond acceptors (Lipinski definition) is 4. The number of thiophene rings is 1. The molecule has 7 heteroatoms. The van der Waals surface area contributed by atoms with Gasteiger partial charge in [0.25, 0.3) is 5.91 Å². The average molecular weight is 312 g/mol. The molecule has 1 aromatic heterocycles. The van der Waals surface area contributed by atoms with E-state index < -0.39 is 12.0 Å². The third kappa shape index (κ3) is 5.95. The van der Waals surface area contributed by atoms with Crippen LogP contribution in [0.1, 0.15) is 35.9 Å². The molecule has 0 bridgehead atoms. The molecular formula is C14H20N2O4S. The number of nitrogens with zero attached hydrogens (tertiary/aromatic N) is 1. The molecule has 1 aromatic rings. The maximum absolute atomic E-state index is 12.0. The Morgan fingerprint density at radius 1 is 1.43 bits per heavy atom. The Hall–Kier alpha value is -1.89. The molecule has 6 nitrogen and oxygen atoms in total.